The van der Waals surface area contributed by atoms with E-state index in [-0.39, 0.29) is 0 Å². The molecule has 0 amide bonds. The smallest absolute Gasteiger partial charge is 0.0603 e. The van der Waals surface area contributed by atoms with Gasteiger partial charge in [0.25, 0.3) is 0 Å². The first-order valence-electron chi connectivity index (χ1n) is 7.78. The Morgan fingerprint density at radius 3 is 2.67 bits per heavy atom. The standard InChI is InChI=1S/C16H31NO/c1-6-8-17-11-14-15(4,5)16(14)7-9-18-13(10-16)12(2)3/h12-14,17H,6-11H2,1-5H3. The molecule has 0 aromatic carbocycles. The van der Waals surface area contributed by atoms with E-state index in [1.807, 2.05) is 0 Å². The molecule has 18 heavy (non-hydrogen) atoms. The quantitative estimate of drug-likeness (QED) is 0.758. The Labute approximate surface area is 113 Å². The van der Waals surface area contributed by atoms with Crippen LogP contribution in [0.1, 0.15) is 53.9 Å². The Bertz CT molecular complexity index is 287. The van der Waals surface area contributed by atoms with Crippen molar-refractivity contribution in [1.29, 1.82) is 0 Å². The minimum absolute atomic E-state index is 0.481. The lowest BCUT2D eigenvalue weighted by Crippen LogP contribution is -2.34. The molecule has 106 valence electrons. The third kappa shape index (κ3) is 2.22. The van der Waals surface area contributed by atoms with Gasteiger partial charge in [0, 0.05) is 6.61 Å². The molecule has 0 aromatic rings. The summed E-state index contributed by atoms with van der Waals surface area (Å²) in [6, 6.07) is 0. The summed E-state index contributed by atoms with van der Waals surface area (Å²) < 4.78 is 5.96. The van der Waals surface area contributed by atoms with E-state index >= 15 is 0 Å². The van der Waals surface area contributed by atoms with Gasteiger partial charge in [-0.25, -0.2) is 0 Å². The van der Waals surface area contributed by atoms with Crippen molar-refractivity contribution in [3.05, 3.63) is 0 Å². The summed E-state index contributed by atoms with van der Waals surface area (Å²) in [6.45, 7) is 15.1. The van der Waals surface area contributed by atoms with Crippen molar-refractivity contribution < 1.29 is 4.74 Å². The van der Waals surface area contributed by atoms with E-state index in [9.17, 15) is 0 Å². The van der Waals surface area contributed by atoms with Gasteiger partial charge < -0.3 is 10.1 Å². The number of nitrogens with one attached hydrogen (secondary N) is 1. The fourth-order valence-electron chi connectivity index (χ4n) is 4.18. The highest BCUT2D eigenvalue weighted by Crippen LogP contribution is 2.73. The maximum absolute atomic E-state index is 5.96. The molecule has 3 atom stereocenters. The monoisotopic (exact) mass is 253 g/mol. The van der Waals surface area contributed by atoms with Gasteiger partial charge in [-0.2, -0.15) is 0 Å². The fraction of sp³-hybridized carbons (Fsp3) is 1.00. The SMILES string of the molecule is CCCNCC1C(C)(C)C12CCOC(C(C)C)C2. The predicted molar refractivity (Wildman–Crippen MR) is 76.7 cm³/mol. The minimum Gasteiger partial charge on any atom is -0.378 e. The molecular formula is C16H31NO. The first-order chi connectivity index (χ1) is 8.45. The summed E-state index contributed by atoms with van der Waals surface area (Å²) in [5.74, 6) is 1.50. The molecule has 1 N–H and O–H groups in total. The van der Waals surface area contributed by atoms with Crippen LogP contribution in [0.25, 0.3) is 0 Å². The summed E-state index contributed by atoms with van der Waals surface area (Å²) in [6.07, 6.45) is 4.25. The second kappa shape index (κ2) is 5.13. The van der Waals surface area contributed by atoms with Crippen LogP contribution in [0, 0.1) is 22.7 Å². The van der Waals surface area contributed by atoms with Crippen molar-refractivity contribution in [2.75, 3.05) is 19.7 Å². The molecule has 1 heterocycles. The molecule has 0 aromatic heterocycles. The zero-order chi connectivity index (χ0) is 13.4. The highest BCUT2D eigenvalue weighted by atomic mass is 16.5. The molecule has 1 spiro atoms. The van der Waals surface area contributed by atoms with Crippen LogP contribution in [0.3, 0.4) is 0 Å². The second-order valence-electron chi connectivity index (χ2n) is 7.24. The van der Waals surface area contributed by atoms with Gasteiger partial charge in [-0.05, 0) is 55.0 Å². The number of ether oxygens (including phenoxy) is 1. The van der Waals surface area contributed by atoms with Gasteiger partial charge in [0.15, 0.2) is 0 Å². The summed E-state index contributed by atoms with van der Waals surface area (Å²) >= 11 is 0. The first kappa shape index (κ1) is 14.3. The maximum atomic E-state index is 5.96. The molecule has 2 aliphatic rings. The third-order valence-corrected chi connectivity index (χ3v) is 5.70. The fourth-order valence-corrected chi connectivity index (χ4v) is 4.18. The number of rotatable bonds is 5. The van der Waals surface area contributed by atoms with Crippen molar-refractivity contribution in [2.45, 2.75) is 60.0 Å². The Hall–Kier alpha value is -0.0800. The zero-order valence-corrected chi connectivity index (χ0v) is 12.9. The zero-order valence-electron chi connectivity index (χ0n) is 12.9. The topological polar surface area (TPSA) is 21.3 Å². The highest BCUT2D eigenvalue weighted by molar-refractivity contribution is 5.19. The van der Waals surface area contributed by atoms with Crippen LogP contribution in [-0.4, -0.2) is 25.8 Å². The van der Waals surface area contributed by atoms with Crippen molar-refractivity contribution >= 4 is 0 Å². The van der Waals surface area contributed by atoms with Crippen LogP contribution in [-0.2, 0) is 4.74 Å². The predicted octanol–water partition coefficient (Wildman–Crippen LogP) is 3.46. The maximum Gasteiger partial charge on any atom is 0.0603 e. The van der Waals surface area contributed by atoms with Gasteiger partial charge in [0.1, 0.15) is 0 Å². The molecule has 0 radical (unpaired) electrons. The molecule has 1 saturated heterocycles. The van der Waals surface area contributed by atoms with Crippen LogP contribution >= 0.6 is 0 Å². The summed E-state index contributed by atoms with van der Waals surface area (Å²) in [7, 11) is 0. The minimum atomic E-state index is 0.481. The molecule has 1 saturated carbocycles. The average Bonchev–Trinajstić information content (AvgIpc) is 2.75. The molecule has 3 unspecified atom stereocenters. The van der Waals surface area contributed by atoms with Crippen molar-refractivity contribution in [3.8, 4) is 0 Å². The van der Waals surface area contributed by atoms with Crippen molar-refractivity contribution in [2.24, 2.45) is 22.7 Å². The molecule has 2 rings (SSSR count). The van der Waals surface area contributed by atoms with Crippen LogP contribution in [0.4, 0.5) is 0 Å². The van der Waals surface area contributed by atoms with E-state index in [0.29, 0.717) is 22.9 Å². The van der Waals surface area contributed by atoms with Gasteiger partial charge in [-0.3, -0.25) is 0 Å². The summed E-state index contributed by atoms with van der Waals surface area (Å²) in [4.78, 5) is 0. The Morgan fingerprint density at radius 2 is 2.06 bits per heavy atom. The molecule has 1 aliphatic carbocycles. The Kier molecular flexibility index (Phi) is 4.08. The largest absolute Gasteiger partial charge is 0.378 e. The highest BCUT2D eigenvalue weighted by Gasteiger charge is 2.70. The van der Waals surface area contributed by atoms with Crippen molar-refractivity contribution in [3.63, 3.8) is 0 Å². The first-order valence-corrected chi connectivity index (χ1v) is 7.78. The molecule has 0 bridgehead atoms. The normalized spacial score (nSPS) is 38.3. The molecule has 1 aliphatic heterocycles. The third-order valence-electron chi connectivity index (χ3n) is 5.70. The van der Waals surface area contributed by atoms with Crippen LogP contribution < -0.4 is 5.32 Å². The lowest BCUT2D eigenvalue weighted by molar-refractivity contribution is -0.0512. The second-order valence-corrected chi connectivity index (χ2v) is 7.24. The number of hydrogen-bond donors (Lipinski definition) is 1. The Balaban J connectivity index is 1.98. The molecule has 2 fully saturated rings. The van der Waals surface area contributed by atoms with Gasteiger partial charge in [0.2, 0.25) is 0 Å². The van der Waals surface area contributed by atoms with Crippen LogP contribution in [0.15, 0.2) is 0 Å². The van der Waals surface area contributed by atoms with E-state index in [0.717, 1.165) is 19.1 Å². The summed E-state index contributed by atoms with van der Waals surface area (Å²) in [5.41, 5.74) is 1.06. The van der Waals surface area contributed by atoms with E-state index in [1.165, 1.54) is 25.8 Å². The summed E-state index contributed by atoms with van der Waals surface area (Å²) in [5, 5.41) is 3.63. The molecular weight excluding hydrogens is 222 g/mol. The van der Waals surface area contributed by atoms with Crippen molar-refractivity contribution in [1.82, 2.24) is 5.32 Å². The van der Waals surface area contributed by atoms with Gasteiger partial charge in [-0.15, -0.1) is 0 Å². The van der Waals surface area contributed by atoms with Gasteiger partial charge in [-0.1, -0.05) is 34.6 Å². The van der Waals surface area contributed by atoms with Gasteiger partial charge in [0.05, 0.1) is 6.10 Å². The van der Waals surface area contributed by atoms with E-state index in [4.69, 9.17) is 4.74 Å². The van der Waals surface area contributed by atoms with E-state index in [2.05, 4.69) is 39.9 Å². The molecule has 2 heteroatoms. The van der Waals surface area contributed by atoms with E-state index in [1.54, 1.807) is 0 Å². The average molecular weight is 253 g/mol. The lowest BCUT2D eigenvalue weighted by atomic mass is 9.82. The number of hydrogen-bond acceptors (Lipinski definition) is 2. The molecule has 2 nitrogen and oxygen atoms in total. The van der Waals surface area contributed by atoms with Crippen LogP contribution in [0.2, 0.25) is 0 Å². The van der Waals surface area contributed by atoms with E-state index < -0.39 is 0 Å². The lowest BCUT2D eigenvalue weighted by Gasteiger charge is -2.34. The Morgan fingerprint density at radius 1 is 1.33 bits per heavy atom. The van der Waals surface area contributed by atoms with Crippen LogP contribution in [0.5, 0.6) is 0 Å². The van der Waals surface area contributed by atoms with Gasteiger partial charge >= 0.3 is 0 Å².